The third-order valence-corrected chi connectivity index (χ3v) is 5.60. The Bertz CT molecular complexity index is 1190. The van der Waals surface area contributed by atoms with Crippen molar-refractivity contribution >= 4 is 11.6 Å². The highest BCUT2D eigenvalue weighted by molar-refractivity contribution is 6.31. The molecule has 0 saturated heterocycles. The van der Waals surface area contributed by atoms with Crippen molar-refractivity contribution in [2.75, 3.05) is 21.3 Å². The van der Waals surface area contributed by atoms with E-state index in [4.69, 9.17) is 25.8 Å². The second-order valence-corrected chi connectivity index (χ2v) is 7.61. The van der Waals surface area contributed by atoms with Crippen LogP contribution in [0.2, 0.25) is 5.02 Å². The van der Waals surface area contributed by atoms with Gasteiger partial charge >= 0.3 is 0 Å². The van der Waals surface area contributed by atoms with Gasteiger partial charge in [0.15, 0.2) is 0 Å². The predicted octanol–water partition coefficient (Wildman–Crippen LogP) is 6.80. The molecular weight excluding hydrogens is 410 g/mol. The largest absolute Gasteiger partial charge is 0.497 e. The molecule has 0 amide bonds. The van der Waals surface area contributed by atoms with E-state index < -0.39 is 0 Å². The number of benzene rings is 3. The molecular formula is C26H24ClNO3. The lowest BCUT2D eigenvalue weighted by Crippen LogP contribution is -1.99. The summed E-state index contributed by atoms with van der Waals surface area (Å²) in [5.74, 6) is 2.37. The summed E-state index contributed by atoms with van der Waals surface area (Å²) in [5.41, 5.74) is 6.38. The molecule has 0 unspecified atom stereocenters. The number of aromatic nitrogens is 1. The lowest BCUT2D eigenvalue weighted by atomic mass is 10.0. The Morgan fingerprint density at radius 2 is 1.23 bits per heavy atom. The van der Waals surface area contributed by atoms with Crippen LogP contribution in [0.3, 0.4) is 0 Å². The van der Waals surface area contributed by atoms with Crippen LogP contribution in [0, 0.1) is 6.92 Å². The lowest BCUT2D eigenvalue weighted by Gasteiger charge is -2.14. The maximum absolute atomic E-state index is 6.36. The van der Waals surface area contributed by atoms with Gasteiger partial charge in [0.2, 0.25) is 0 Å². The van der Waals surface area contributed by atoms with Crippen molar-refractivity contribution in [3.8, 4) is 45.3 Å². The van der Waals surface area contributed by atoms with Gasteiger partial charge < -0.3 is 18.8 Å². The van der Waals surface area contributed by atoms with Crippen molar-refractivity contribution < 1.29 is 14.2 Å². The van der Waals surface area contributed by atoms with E-state index in [1.807, 2.05) is 42.5 Å². The number of nitrogens with zero attached hydrogens (tertiary/aromatic N) is 1. The van der Waals surface area contributed by atoms with Crippen LogP contribution < -0.4 is 14.2 Å². The summed E-state index contributed by atoms with van der Waals surface area (Å²) in [5, 5.41) is 0.636. The number of halogens is 1. The van der Waals surface area contributed by atoms with Gasteiger partial charge in [-0.15, -0.1) is 0 Å². The maximum atomic E-state index is 6.36. The Morgan fingerprint density at radius 1 is 0.645 bits per heavy atom. The number of hydrogen-bond acceptors (Lipinski definition) is 3. The van der Waals surface area contributed by atoms with Crippen LogP contribution in [0.1, 0.15) is 5.69 Å². The first-order valence-electron chi connectivity index (χ1n) is 9.90. The minimum Gasteiger partial charge on any atom is -0.497 e. The van der Waals surface area contributed by atoms with Crippen molar-refractivity contribution in [3.63, 3.8) is 0 Å². The Morgan fingerprint density at radius 3 is 1.81 bits per heavy atom. The summed E-state index contributed by atoms with van der Waals surface area (Å²) in [4.78, 5) is 0. The van der Waals surface area contributed by atoms with E-state index in [1.54, 1.807) is 21.3 Å². The standard InChI is InChI=1S/C26H24ClNO3/c1-17-25(19-13-20(27)15-24(14-19)31-4)16-26(18-5-9-22(29-2)10-6-18)28(17)21-7-11-23(30-3)12-8-21/h5-16H,1-4H3. The molecule has 4 rings (SSSR count). The zero-order valence-electron chi connectivity index (χ0n) is 18.0. The van der Waals surface area contributed by atoms with Gasteiger partial charge in [-0.1, -0.05) is 11.6 Å². The summed E-state index contributed by atoms with van der Waals surface area (Å²) >= 11 is 6.36. The number of ether oxygens (including phenoxy) is 3. The summed E-state index contributed by atoms with van der Waals surface area (Å²) in [6.07, 6.45) is 0. The summed E-state index contributed by atoms with van der Waals surface area (Å²) < 4.78 is 18.3. The first-order chi connectivity index (χ1) is 15.0. The fraction of sp³-hybridized carbons (Fsp3) is 0.154. The molecule has 158 valence electrons. The zero-order chi connectivity index (χ0) is 22.0. The summed E-state index contributed by atoms with van der Waals surface area (Å²) in [7, 11) is 4.99. The van der Waals surface area contributed by atoms with E-state index in [0.717, 1.165) is 51.0 Å². The van der Waals surface area contributed by atoms with Crippen LogP contribution in [-0.2, 0) is 0 Å². The van der Waals surface area contributed by atoms with Crippen molar-refractivity contribution in [2.24, 2.45) is 0 Å². The lowest BCUT2D eigenvalue weighted by molar-refractivity contribution is 0.414. The Kier molecular flexibility index (Phi) is 5.92. The monoisotopic (exact) mass is 433 g/mol. The van der Waals surface area contributed by atoms with Crippen molar-refractivity contribution in [2.45, 2.75) is 6.92 Å². The Labute approximate surface area is 187 Å². The fourth-order valence-electron chi connectivity index (χ4n) is 3.77. The SMILES string of the molecule is COc1ccc(-c2cc(-c3cc(Cl)cc(OC)c3)c(C)n2-c2ccc(OC)cc2)cc1. The second-order valence-electron chi connectivity index (χ2n) is 7.17. The quantitative estimate of drug-likeness (QED) is 0.335. The molecule has 4 aromatic rings. The maximum Gasteiger partial charge on any atom is 0.120 e. The first-order valence-corrected chi connectivity index (χ1v) is 10.3. The van der Waals surface area contributed by atoms with Gasteiger partial charge in [0.1, 0.15) is 17.2 Å². The van der Waals surface area contributed by atoms with Gasteiger partial charge in [0.05, 0.1) is 27.0 Å². The van der Waals surface area contributed by atoms with Crippen LogP contribution in [0.4, 0.5) is 0 Å². The van der Waals surface area contributed by atoms with Crippen molar-refractivity contribution in [3.05, 3.63) is 83.5 Å². The third kappa shape index (κ3) is 4.12. The summed E-state index contributed by atoms with van der Waals surface area (Å²) in [6.45, 7) is 2.11. The van der Waals surface area contributed by atoms with Crippen LogP contribution in [0.15, 0.2) is 72.8 Å². The van der Waals surface area contributed by atoms with Crippen molar-refractivity contribution in [1.82, 2.24) is 4.57 Å². The second kappa shape index (κ2) is 8.78. The van der Waals surface area contributed by atoms with Crippen LogP contribution >= 0.6 is 11.6 Å². The smallest absolute Gasteiger partial charge is 0.120 e. The van der Waals surface area contributed by atoms with Gasteiger partial charge in [0.25, 0.3) is 0 Å². The number of rotatable bonds is 6. The molecule has 0 aliphatic heterocycles. The van der Waals surface area contributed by atoms with Gasteiger partial charge in [0, 0.05) is 22.0 Å². The molecule has 0 saturated carbocycles. The van der Waals surface area contributed by atoms with Crippen LogP contribution in [0.25, 0.3) is 28.1 Å². The average Bonchev–Trinajstić information content (AvgIpc) is 3.15. The molecule has 4 nitrogen and oxygen atoms in total. The van der Waals surface area contributed by atoms with E-state index in [-0.39, 0.29) is 0 Å². The minimum atomic E-state index is 0.636. The Hall–Kier alpha value is -3.37. The molecule has 0 atom stereocenters. The van der Waals surface area contributed by atoms with Crippen molar-refractivity contribution in [1.29, 1.82) is 0 Å². The molecule has 0 fully saturated rings. The molecule has 31 heavy (non-hydrogen) atoms. The predicted molar refractivity (Wildman–Crippen MR) is 126 cm³/mol. The van der Waals surface area contributed by atoms with Gasteiger partial charge in [-0.25, -0.2) is 0 Å². The molecule has 0 spiro atoms. The molecule has 0 aliphatic rings. The first kappa shape index (κ1) is 20.9. The van der Waals surface area contributed by atoms with E-state index >= 15 is 0 Å². The van der Waals surface area contributed by atoms with Crippen LogP contribution in [-0.4, -0.2) is 25.9 Å². The molecule has 5 heteroatoms. The highest BCUT2D eigenvalue weighted by Gasteiger charge is 2.17. The van der Waals surface area contributed by atoms with E-state index in [2.05, 4.69) is 41.8 Å². The molecule has 0 bridgehead atoms. The highest BCUT2D eigenvalue weighted by Crippen LogP contribution is 2.38. The van der Waals surface area contributed by atoms with E-state index in [1.165, 1.54) is 0 Å². The molecule has 1 aromatic heterocycles. The Balaban J connectivity index is 1.93. The molecule has 3 aromatic carbocycles. The molecule has 0 N–H and O–H groups in total. The molecule has 1 heterocycles. The highest BCUT2D eigenvalue weighted by atomic mass is 35.5. The average molecular weight is 434 g/mol. The third-order valence-electron chi connectivity index (χ3n) is 5.38. The topological polar surface area (TPSA) is 32.6 Å². The molecule has 0 radical (unpaired) electrons. The fourth-order valence-corrected chi connectivity index (χ4v) is 4.00. The van der Waals surface area contributed by atoms with Gasteiger partial charge in [-0.2, -0.15) is 0 Å². The number of hydrogen-bond donors (Lipinski definition) is 0. The summed E-state index contributed by atoms with van der Waals surface area (Å²) in [6, 6.07) is 24.1. The van der Waals surface area contributed by atoms with Gasteiger partial charge in [-0.05, 0) is 90.8 Å². The normalized spacial score (nSPS) is 10.7. The van der Waals surface area contributed by atoms with E-state index in [0.29, 0.717) is 5.02 Å². The number of methoxy groups -OCH3 is 3. The molecule has 0 aliphatic carbocycles. The van der Waals surface area contributed by atoms with Gasteiger partial charge in [-0.3, -0.25) is 0 Å². The van der Waals surface area contributed by atoms with E-state index in [9.17, 15) is 0 Å². The minimum absolute atomic E-state index is 0.636. The van der Waals surface area contributed by atoms with Crippen LogP contribution in [0.5, 0.6) is 17.2 Å². The zero-order valence-corrected chi connectivity index (χ0v) is 18.7.